The molecule has 4 rings (SSSR count). The van der Waals surface area contributed by atoms with Crippen LogP contribution in [0, 0.1) is 0 Å². The highest BCUT2D eigenvalue weighted by molar-refractivity contribution is 6.30. The largest absolute Gasteiger partial charge is 0.351 e. The highest BCUT2D eigenvalue weighted by Crippen LogP contribution is 2.47. The number of carbonyl (C=O) groups is 1. The lowest BCUT2D eigenvalue weighted by atomic mass is 9.96. The third kappa shape index (κ3) is 3.30. The molecule has 0 saturated heterocycles. The van der Waals surface area contributed by atoms with Crippen LogP contribution >= 0.6 is 11.6 Å². The summed E-state index contributed by atoms with van der Waals surface area (Å²) < 4.78 is 1.66. The van der Waals surface area contributed by atoms with Gasteiger partial charge in [0.25, 0.3) is 5.91 Å². The van der Waals surface area contributed by atoms with E-state index in [0.717, 1.165) is 18.5 Å². The minimum Gasteiger partial charge on any atom is -0.351 e. The van der Waals surface area contributed by atoms with E-state index in [-0.39, 0.29) is 11.3 Å². The van der Waals surface area contributed by atoms with Crippen molar-refractivity contribution >= 4 is 17.5 Å². The molecule has 5 heteroatoms. The third-order valence-corrected chi connectivity index (χ3v) is 4.98. The van der Waals surface area contributed by atoms with Gasteiger partial charge in [-0.15, -0.1) is 0 Å². The summed E-state index contributed by atoms with van der Waals surface area (Å²) in [6, 6.07) is 17.8. The summed E-state index contributed by atoms with van der Waals surface area (Å²) in [4.78, 5) is 12.5. The van der Waals surface area contributed by atoms with Crippen LogP contribution in [-0.4, -0.2) is 22.2 Å². The van der Waals surface area contributed by atoms with Crippen LogP contribution in [0.1, 0.15) is 28.8 Å². The molecule has 1 aromatic heterocycles. The normalized spacial score (nSPS) is 14.9. The SMILES string of the molecule is O=C(NCC1(c2ccccc2)CC1)c1cnn(-c2cccc(Cl)c2)c1. The molecule has 1 aliphatic carbocycles. The summed E-state index contributed by atoms with van der Waals surface area (Å²) in [5.41, 5.74) is 2.77. The predicted molar refractivity (Wildman–Crippen MR) is 98.3 cm³/mol. The fraction of sp³-hybridized carbons (Fsp3) is 0.200. The first-order valence-electron chi connectivity index (χ1n) is 8.31. The van der Waals surface area contributed by atoms with E-state index in [1.807, 2.05) is 36.4 Å². The van der Waals surface area contributed by atoms with Gasteiger partial charge >= 0.3 is 0 Å². The zero-order valence-corrected chi connectivity index (χ0v) is 14.4. The fourth-order valence-corrected chi connectivity index (χ4v) is 3.25. The Bertz CT molecular complexity index is 900. The molecule has 3 aromatic rings. The highest BCUT2D eigenvalue weighted by atomic mass is 35.5. The molecule has 0 radical (unpaired) electrons. The zero-order valence-electron chi connectivity index (χ0n) is 13.7. The lowest BCUT2D eigenvalue weighted by Gasteiger charge is -2.16. The standard InChI is InChI=1S/C20H18ClN3O/c21-17-7-4-8-18(11-17)24-13-15(12-23-24)19(25)22-14-20(9-10-20)16-5-2-1-3-6-16/h1-8,11-13H,9-10,14H2,(H,22,25). The molecule has 1 fully saturated rings. The summed E-state index contributed by atoms with van der Waals surface area (Å²) in [6.07, 6.45) is 5.53. The molecule has 1 amide bonds. The molecule has 25 heavy (non-hydrogen) atoms. The summed E-state index contributed by atoms with van der Waals surface area (Å²) in [7, 11) is 0. The third-order valence-electron chi connectivity index (χ3n) is 4.74. The van der Waals surface area contributed by atoms with Crippen molar-refractivity contribution in [2.45, 2.75) is 18.3 Å². The molecule has 0 atom stereocenters. The molecule has 0 unspecified atom stereocenters. The van der Waals surface area contributed by atoms with Crippen LogP contribution in [0.25, 0.3) is 5.69 Å². The van der Waals surface area contributed by atoms with Gasteiger partial charge in [-0.25, -0.2) is 4.68 Å². The Morgan fingerprint density at radius 2 is 1.96 bits per heavy atom. The number of nitrogens with one attached hydrogen (secondary N) is 1. The van der Waals surface area contributed by atoms with Gasteiger partial charge in [0, 0.05) is 23.2 Å². The number of amides is 1. The van der Waals surface area contributed by atoms with Crippen LogP contribution in [0.15, 0.2) is 67.0 Å². The average molecular weight is 352 g/mol. The van der Waals surface area contributed by atoms with Crippen molar-refractivity contribution in [3.05, 3.63) is 83.1 Å². The highest BCUT2D eigenvalue weighted by Gasteiger charge is 2.44. The first-order valence-corrected chi connectivity index (χ1v) is 8.68. The van der Waals surface area contributed by atoms with Crippen molar-refractivity contribution in [2.24, 2.45) is 0 Å². The summed E-state index contributed by atoms with van der Waals surface area (Å²) in [6.45, 7) is 0.651. The molecule has 0 spiro atoms. The monoisotopic (exact) mass is 351 g/mol. The van der Waals surface area contributed by atoms with E-state index >= 15 is 0 Å². The number of nitrogens with zero attached hydrogens (tertiary/aromatic N) is 2. The summed E-state index contributed by atoms with van der Waals surface area (Å²) >= 11 is 6.01. The second-order valence-corrected chi connectivity index (χ2v) is 6.92. The van der Waals surface area contributed by atoms with Gasteiger partial charge in [0.1, 0.15) is 0 Å². The zero-order chi connectivity index (χ0) is 17.3. The van der Waals surface area contributed by atoms with E-state index in [1.165, 1.54) is 5.56 Å². The summed E-state index contributed by atoms with van der Waals surface area (Å²) in [5, 5.41) is 7.96. The lowest BCUT2D eigenvalue weighted by Crippen LogP contribution is -2.32. The van der Waals surface area contributed by atoms with E-state index in [4.69, 9.17) is 11.6 Å². The number of carbonyl (C=O) groups excluding carboxylic acids is 1. The van der Waals surface area contributed by atoms with Gasteiger partial charge in [0.2, 0.25) is 0 Å². The number of hydrogen-bond acceptors (Lipinski definition) is 2. The Kier molecular flexibility index (Phi) is 4.06. The van der Waals surface area contributed by atoms with Gasteiger partial charge in [0.15, 0.2) is 0 Å². The predicted octanol–water partition coefficient (Wildman–Crippen LogP) is 3.99. The van der Waals surface area contributed by atoms with E-state index in [1.54, 1.807) is 23.1 Å². The van der Waals surface area contributed by atoms with Gasteiger partial charge in [-0.3, -0.25) is 4.79 Å². The van der Waals surface area contributed by atoms with Crippen LogP contribution < -0.4 is 5.32 Å². The number of rotatable bonds is 5. The van der Waals surface area contributed by atoms with Crippen molar-refractivity contribution in [3.8, 4) is 5.69 Å². The smallest absolute Gasteiger partial charge is 0.254 e. The van der Waals surface area contributed by atoms with Crippen molar-refractivity contribution in [1.82, 2.24) is 15.1 Å². The van der Waals surface area contributed by atoms with Crippen LogP contribution in [-0.2, 0) is 5.41 Å². The Balaban J connectivity index is 1.44. The van der Waals surface area contributed by atoms with Crippen molar-refractivity contribution in [2.75, 3.05) is 6.54 Å². The van der Waals surface area contributed by atoms with Crippen molar-refractivity contribution < 1.29 is 4.79 Å². The first kappa shape index (κ1) is 15.9. The van der Waals surface area contributed by atoms with Crippen LogP contribution in [0.2, 0.25) is 5.02 Å². The Morgan fingerprint density at radius 1 is 1.16 bits per heavy atom. The quantitative estimate of drug-likeness (QED) is 0.755. The van der Waals surface area contributed by atoms with Crippen LogP contribution in [0.3, 0.4) is 0 Å². The van der Waals surface area contributed by atoms with Gasteiger partial charge in [-0.05, 0) is 36.6 Å². The molecule has 1 saturated carbocycles. The molecule has 1 aliphatic rings. The maximum Gasteiger partial charge on any atom is 0.254 e. The minimum atomic E-state index is -0.101. The van der Waals surface area contributed by atoms with Crippen molar-refractivity contribution in [3.63, 3.8) is 0 Å². The number of hydrogen-bond donors (Lipinski definition) is 1. The van der Waals surface area contributed by atoms with Crippen LogP contribution in [0.5, 0.6) is 0 Å². The minimum absolute atomic E-state index is 0.0971. The Labute approximate surface area is 151 Å². The van der Waals surface area contributed by atoms with Crippen molar-refractivity contribution in [1.29, 1.82) is 0 Å². The average Bonchev–Trinajstić information content (AvgIpc) is 3.27. The number of halogens is 1. The van der Waals surface area contributed by atoms with Gasteiger partial charge < -0.3 is 5.32 Å². The maximum atomic E-state index is 12.5. The molecule has 2 aromatic carbocycles. The molecular weight excluding hydrogens is 334 g/mol. The molecule has 126 valence electrons. The lowest BCUT2D eigenvalue weighted by molar-refractivity contribution is 0.0949. The molecule has 4 nitrogen and oxygen atoms in total. The molecule has 0 bridgehead atoms. The van der Waals surface area contributed by atoms with Gasteiger partial charge in [0.05, 0.1) is 17.4 Å². The number of aromatic nitrogens is 2. The topological polar surface area (TPSA) is 46.9 Å². The Hall–Kier alpha value is -2.59. The van der Waals surface area contributed by atoms with E-state index in [2.05, 4.69) is 22.5 Å². The second-order valence-electron chi connectivity index (χ2n) is 6.48. The summed E-state index contributed by atoms with van der Waals surface area (Å²) in [5.74, 6) is -0.101. The van der Waals surface area contributed by atoms with Crippen LogP contribution in [0.4, 0.5) is 0 Å². The van der Waals surface area contributed by atoms with E-state index in [9.17, 15) is 4.79 Å². The molecule has 1 heterocycles. The van der Waals surface area contributed by atoms with E-state index < -0.39 is 0 Å². The van der Waals surface area contributed by atoms with Gasteiger partial charge in [-0.2, -0.15) is 5.10 Å². The maximum absolute atomic E-state index is 12.5. The first-order chi connectivity index (χ1) is 12.2. The fourth-order valence-electron chi connectivity index (χ4n) is 3.06. The van der Waals surface area contributed by atoms with E-state index in [0.29, 0.717) is 17.1 Å². The molecule has 1 N–H and O–H groups in total. The Morgan fingerprint density at radius 3 is 2.68 bits per heavy atom. The molecule has 0 aliphatic heterocycles. The van der Waals surface area contributed by atoms with Gasteiger partial charge in [-0.1, -0.05) is 48.0 Å². The second kappa shape index (κ2) is 6.37. The molecular formula is C20H18ClN3O. The number of benzene rings is 2.